The molecule has 0 atom stereocenters. The molecule has 5 aromatic rings. The van der Waals surface area contributed by atoms with Gasteiger partial charge >= 0.3 is 5.97 Å². The zero-order valence-electron chi connectivity index (χ0n) is 22.8. The minimum Gasteiger partial charge on any atom is -0.465 e. The van der Waals surface area contributed by atoms with Gasteiger partial charge in [-0.1, -0.05) is 31.4 Å². The van der Waals surface area contributed by atoms with Crippen molar-refractivity contribution in [2.75, 3.05) is 7.11 Å². The summed E-state index contributed by atoms with van der Waals surface area (Å²) in [7, 11) is 1.46. The summed E-state index contributed by atoms with van der Waals surface area (Å²) in [4.78, 5) is 23.4. The van der Waals surface area contributed by atoms with Gasteiger partial charge in [-0.2, -0.15) is 0 Å². The number of thiazole rings is 1. The van der Waals surface area contributed by atoms with Gasteiger partial charge in [0.05, 0.1) is 45.2 Å². The SMILES string of the molecule is COC(=O)c1ccc2c(C3CCCCC3)c3n(c2c1)CCCc1cc2nc(-c4sc(C)nc4C)ccc2cc1-3. The number of rotatable bonds is 3. The van der Waals surface area contributed by atoms with E-state index in [-0.39, 0.29) is 5.97 Å². The van der Waals surface area contributed by atoms with Gasteiger partial charge in [0.1, 0.15) is 0 Å². The van der Waals surface area contributed by atoms with Crippen molar-refractivity contribution in [1.29, 1.82) is 0 Å². The largest absolute Gasteiger partial charge is 0.465 e. The van der Waals surface area contributed by atoms with Gasteiger partial charge in [-0.05, 0) is 86.9 Å². The van der Waals surface area contributed by atoms with Crippen molar-refractivity contribution in [3.8, 4) is 21.8 Å². The van der Waals surface area contributed by atoms with Crippen LogP contribution in [-0.2, 0) is 17.7 Å². The number of carbonyl (C=O) groups is 1. The molecule has 7 rings (SSSR count). The van der Waals surface area contributed by atoms with E-state index in [4.69, 9.17) is 9.72 Å². The van der Waals surface area contributed by atoms with Crippen LogP contribution in [0, 0.1) is 13.8 Å². The lowest BCUT2D eigenvalue weighted by Crippen LogP contribution is -2.07. The van der Waals surface area contributed by atoms with E-state index in [1.54, 1.807) is 11.3 Å². The predicted molar refractivity (Wildman–Crippen MR) is 159 cm³/mol. The summed E-state index contributed by atoms with van der Waals surface area (Å²) in [5, 5.41) is 3.53. The zero-order chi connectivity index (χ0) is 26.7. The van der Waals surface area contributed by atoms with Gasteiger partial charge < -0.3 is 9.30 Å². The first-order valence-electron chi connectivity index (χ1n) is 14.1. The minimum atomic E-state index is -0.278. The Kier molecular flexibility index (Phi) is 6.03. The number of hydrogen-bond donors (Lipinski definition) is 0. The molecule has 0 bridgehead atoms. The molecule has 0 N–H and O–H groups in total. The van der Waals surface area contributed by atoms with E-state index in [9.17, 15) is 4.79 Å². The Balaban J connectivity index is 1.46. The number of hydrogen-bond acceptors (Lipinski definition) is 5. The van der Waals surface area contributed by atoms with Crippen molar-refractivity contribution in [3.05, 3.63) is 69.9 Å². The Labute approximate surface area is 232 Å². The highest BCUT2D eigenvalue weighted by Crippen LogP contribution is 2.47. The lowest BCUT2D eigenvalue weighted by atomic mass is 9.81. The predicted octanol–water partition coefficient (Wildman–Crippen LogP) is 8.38. The molecule has 1 saturated carbocycles. The van der Waals surface area contributed by atoms with Gasteiger partial charge in [0.2, 0.25) is 0 Å². The van der Waals surface area contributed by atoms with E-state index >= 15 is 0 Å². The number of fused-ring (bicyclic) bond motifs is 6. The Hall–Kier alpha value is -3.51. The highest BCUT2D eigenvalue weighted by atomic mass is 32.1. The molecular formula is C33H33N3O2S. The highest BCUT2D eigenvalue weighted by molar-refractivity contribution is 7.15. The smallest absolute Gasteiger partial charge is 0.337 e. The number of benzene rings is 2. The summed E-state index contributed by atoms with van der Waals surface area (Å²) >= 11 is 1.71. The average Bonchev–Trinajstić information content (AvgIpc) is 3.40. The first-order valence-corrected chi connectivity index (χ1v) is 15.0. The summed E-state index contributed by atoms with van der Waals surface area (Å²) in [6, 6.07) is 15.2. The number of aryl methyl sites for hydroxylation is 4. The third-order valence-corrected chi connectivity index (χ3v) is 9.77. The number of ether oxygens (including phenoxy) is 1. The molecule has 1 aliphatic carbocycles. The standard InChI is InChI=1S/C33H33N3O2S/c1-19-32(39-20(2)34-19)27-14-12-23-16-26-22(17-28(23)35-27)10-7-15-36-29-18-24(33(37)38-3)11-13-25(29)30(31(26)36)21-8-5-4-6-9-21/h11-14,16-18,21H,4-10,15H2,1-3H3. The van der Waals surface area contributed by atoms with Crippen LogP contribution in [0.3, 0.4) is 0 Å². The molecule has 3 aromatic heterocycles. The number of esters is 1. The van der Waals surface area contributed by atoms with Crippen molar-refractivity contribution in [2.24, 2.45) is 0 Å². The van der Waals surface area contributed by atoms with Crippen molar-refractivity contribution < 1.29 is 9.53 Å². The molecule has 198 valence electrons. The van der Waals surface area contributed by atoms with Crippen LogP contribution in [0.25, 0.3) is 43.6 Å². The molecule has 0 radical (unpaired) electrons. The second-order valence-electron chi connectivity index (χ2n) is 11.1. The molecule has 5 nitrogen and oxygen atoms in total. The third-order valence-electron chi connectivity index (χ3n) is 8.67. The van der Waals surface area contributed by atoms with Gasteiger partial charge in [0.25, 0.3) is 0 Å². The monoisotopic (exact) mass is 535 g/mol. The summed E-state index contributed by atoms with van der Waals surface area (Å²) < 4.78 is 7.57. The van der Waals surface area contributed by atoms with Crippen molar-refractivity contribution >= 4 is 39.1 Å². The molecule has 6 heteroatoms. The van der Waals surface area contributed by atoms with Crippen LogP contribution in [0.5, 0.6) is 0 Å². The molecule has 2 aliphatic rings. The fourth-order valence-corrected chi connectivity index (χ4v) is 7.80. The number of pyridine rings is 1. The molecule has 0 amide bonds. The van der Waals surface area contributed by atoms with Crippen molar-refractivity contribution in [2.45, 2.75) is 71.3 Å². The van der Waals surface area contributed by atoms with Crippen LogP contribution >= 0.6 is 11.3 Å². The lowest BCUT2D eigenvalue weighted by Gasteiger charge is -2.24. The molecule has 39 heavy (non-hydrogen) atoms. The molecular weight excluding hydrogens is 502 g/mol. The fraction of sp³-hybridized carbons (Fsp3) is 0.364. The van der Waals surface area contributed by atoms with E-state index in [0.29, 0.717) is 11.5 Å². The Morgan fingerprint density at radius 1 is 1.00 bits per heavy atom. The molecule has 2 aromatic carbocycles. The van der Waals surface area contributed by atoms with Crippen LogP contribution in [0.2, 0.25) is 0 Å². The fourth-order valence-electron chi connectivity index (χ4n) is 6.91. The highest BCUT2D eigenvalue weighted by Gasteiger charge is 2.29. The molecule has 0 saturated heterocycles. The molecule has 4 heterocycles. The van der Waals surface area contributed by atoms with E-state index < -0.39 is 0 Å². The first-order chi connectivity index (χ1) is 19.0. The maximum Gasteiger partial charge on any atom is 0.337 e. The molecule has 1 aliphatic heterocycles. The van der Waals surface area contributed by atoms with E-state index in [0.717, 1.165) is 51.7 Å². The van der Waals surface area contributed by atoms with Gasteiger partial charge in [-0.3, -0.25) is 0 Å². The van der Waals surface area contributed by atoms with Crippen LogP contribution in [0.15, 0.2) is 42.5 Å². The summed E-state index contributed by atoms with van der Waals surface area (Å²) in [6.45, 7) is 5.06. The Bertz CT molecular complexity index is 1760. The number of methoxy groups -OCH3 is 1. The van der Waals surface area contributed by atoms with E-state index in [1.807, 2.05) is 6.07 Å². The Morgan fingerprint density at radius 2 is 1.85 bits per heavy atom. The first kappa shape index (κ1) is 24.5. The summed E-state index contributed by atoms with van der Waals surface area (Å²) in [5.41, 5.74) is 10.4. The number of aromatic nitrogens is 3. The Morgan fingerprint density at radius 3 is 2.62 bits per heavy atom. The van der Waals surface area contributed by atoms with Crippen molar-refractivity contribution in [3.63, 3.8) is 0 Å². The normalized spacial score (nSPS) is 15.8. The number of carbonyl (C=O) groups excluding carboxylic acids is 1. The van der Waals surface area contributed by atoms with Gasteiger partial charge in [-0.15, -0.1) is 11.3 Å². The molecule has 0 spiro atoms. The molecule has 0 unspecified atom stereocenters. The van der Waals surface area contributed by atoms with Crippen LogP contribution < -0.4 is 0 Å². The van der Waals surface area contributed by atoms with E-state index in [2.05, 4.69) is 59.8 Å². The second kappa shape index (κ2) is 9.60. The minimum absolute atomic E-state index is 0.278. The van der Waals surface area contributed by atoms with Gasteiger partial charge in [-0.25, -0.2) is 14.8 Å². The average molecular weight is 536 g/mol. The maximum absolute atomic E-state index is 12.5. The summed E-state index contributed by atoms with van der Waals surface area (Å²) in [5.74, 6) is 0.265. The third kappa shape index (κ3) is 4.08. The quantitative estimate of drug-likeness (QED) is 0.218. The van der Waals surface area contributed by atoms with Crippen LogP contribution in [-0.4, -0.2) is 27.6 Å². The van der Waals surface area contributed by atoms with E-state index in [1.165, 1.54) is 72.4 Å². The molecule has 1 fully saturated rings. The topological polar surface area (TPSA) is 57.0 Å². The van der Waals surface area contributed by atoms with Gasteiger partial charge in [0.15, 0.2) is 0 Å². The maximum atomic E-state index is 12.5. The van der Waals surface area contributed by atoms with Gasteiger partial charge in [0, 0.05) is 28.4 Å². The van der Waals surface area contributed by atoms with Crippen molar-refractivity contribution in [1.82, 2.24) is 14.5 Å². The zero-order valence-corrected chi connectivity index (χ0v) is 23.7. The van der Waals surface area contributed by atoms with Crippen LogP contribution in [0.4, 0.5) is 0 Å². The van der Waals surface area contributed by atoms with Crippen LogP contribution in [0.1, 0.15) is 76.6 Å². The lowest BCUT2D eigenvalue weighted by molar-refractivity contribution is 0.0601. The second-order valence-corrected chi connectivity index (χ2v) is 12.3. The summed E-state index contributed by atoms with van der Waals surface area (Å²) in [6.07, 6.45) is 8.41. The number of nitrogens with zero attached hydrogens (tertiary/aromatic N) is 3.